The van der Waals surface area contributed by atoms with Gasteiger partial charge in [0.05, 0.1) is 13.0 Å². The molecule has 5 heteroatoms. The number of ether oxygens (including phenoxy) is 1. The number of Topliss-reactive ketones (excluding diaryl/α,β-unsaturated/α-hetero) is 1. The molecule has 108 valence electrons. The lowest BCUT2D eigenvalue weighted by Crippen LogP contribution is -2.15. The molecule has 0 heterocycles. The lowest BCUT2D eigenvalue weighted by molar-refractivity contribution is -0.142. The first-order valence-corrected chi connectivity index (χ1v) is 6.27. The molecule has 0 saturated heterocycles. The minimum Gasteiger partial charge on any atom is -0.466 e. The van der Waals surface area contributed by atoms with Gasteiger partial charge in [0.15, 0.2) is 5.78 Å². The second kappa shape index (κ2) is 7.43. The second-order valence-electron chi connectivity index (χ2n) is 4.44. The predicted octanol–water partition coefficient (Wildman–Crippen LogP) is 2.41. The largest absolute Gasteiger partial charge is 0.466 e. The Morgan fingerprint density at radius 1 is 1.35 bits per heavy atom. The Balaban J connectivity index is 2.99. The van der Waals surface area contributed by atoms with Crippen molar-refractivity contribution in [3.05, 3.63) is 47.4 Å². The zero-order valence-corrected chi connectivity index (χ0v) is 11.9. The van der Waals surface area contributed by atoms with Gasteiger partial charge in [-0.15, -0.1) is 0 Å². The van der Waals surface area contributed by atoms with Gasteiger partial charge in [-0.25, -0.2) is 4.39 Å². The summed E-state index contributed by atoms with van der Waals surface area (Å²) in [7, 11) is 3.48. The van der Waals surface area contributed by atoms with Crippen LogP contribution in [0.3, 0.4) is 0 Å². The third kappa shape index (κ3) is 4.84. The lowest BCUT2D eigenvalue weighted by atomic mass is 10.0. The molecule has 4 nitrogen and oxygen atoms in total. The zero-order valence-electron chi connectivity index (χ0n) is 11.9. The van der Waals surface area contributed by atoms with Crippen molar-refractivity contribution in [2.24, 2.45) is 0 Å². The average Bonchev–Trinajstić information content (AvgIpc) is 2.37. The number of hydrogen-bond acceptors (Lipinski definition) is 4. The van der Waals surface area contributed by atoms with Crippen molar-refractivity contribution in [3.63, 3.8) is 0 Å². The molecule has 0 radical (unpaired) electrons. The van der Waals surface area contributed by atoms with E-state index in [1.54, 1.807) is 32.1 Å². The van der Waals surface area contributed by atoms with Crippen LogP contribution >= 0.6 is 0 Å². The molecule has 0 aliphatic carbocycles. The summed E-state index contributed by atoms with van der Waals surface area (Å²) in [5.74, 6) is -1.35. The Bertz CT molecular complexity index is 524. The SMILES string of the molecule is CCOC(=O)CC(=CN(C)C)C(=O)c1cccc(F)c1. The fourth-order valence-corrected chi connectivity index (χ4v) is 1.68. The van der Waals surface area contributed by atoms with E-state index in [4.69, 9.17) is 4.74 Å². The number of nitrogens with zero attached hydrogens (tertiary/aromatic N) is 1. The molecule has 0 bridgehead atoms. The van der Waals surface area contributed by atoms with Crippen molar-refractivity contribution in [1.29, 1.82) is 0 Å². The van der Waals surface area contributed by atoms with Crippen molar-refractivity contribution < 1.29 is 18.7 Å². The lowest BCUT2D eigenvalue weighted by Gasteiger charge is -2.11. The van der Waals surface area contributed by atoms with E-state index in [1.807, 2.05) is 0 Å². The first kappa shape index (κ1) is 15.9. The molecule has 20 heavy (non-hydrogen) atoms. The van der Waals surface area contributed by atoms with Crippen LogP contribution in [0.15, 0.2) is 36.0 Å². The van der Waals surface area contributed by atoms with Gasteiger partial charge < -0.3 is 9.64 Å². The molecule has 0 aliphatic rings. The number of hydrogen-bond donors (Lipinski definition) is 0. The van der Waals surface area contributed by atoms with Gasteiger partial charge in [-0.05, 0) is 19.1 Å². The Morgan fingerprint density at radius 2 is 2.05 bits per heavy atom. The molecule has 0 aliphatic heterocycles. The Labute approximate surface area is 117 Å². The molecule has 0 spiro atoms. The third-order valence-electron chi connectivity index (χ3n) is 2.43. The van der Waals surface area contributed by atoms with Crippen molar-refractivity contribution >= 4 is 11.8 Å². The van der Waals surface area contributed by atoms with E-state index >= 15 is 0 Å². The normalized spacial score (nSPS) is 11.1. The maximum Gasteiger partial charge on any atom is 0.310 e. The molecule has 1 aromatic rings. The second-order valence-corrected chi connectivity index (χ2v) is 4.44. The van der Waals surface area contributed by atoms with Crippen LogP contribution in [0.25, 0.3) is 0 Å². The van der Waals surface area contributed by atoms with Crippen LogP contribution in [0.4, 0.5) is 4.39 Å². The summed E-state index contributed by atoms with van der Waals surface area (Å²) in [5, 5.41) is 0. The van der Waals surface area contributed by atoms with Crippen molar-refractivity contribution in [2.45, 2.75) is 13.3 Å². The van der Waals surface area contributed by atoms with Gasteiger partial charge in [0.1, 0.15) is 5.82 Å². The summed E-state index contributed by atoms with van der Waals surface area (Å²) in [6.07, 6.45) is 1.41. The van der Waals surface area contributed by atoms with Gasteiger partial charge in [-0.2, -0.15) is 0 Å². The highest BCUT2D eigenvalue weighted by Gasteiger charge is 2.17. The van der Waals surface area contributed by atoms with Crippen molar-refractivity contribution in [1.82, 2.24) is 4.90 Å². The van der Waals surface area contributed by atoms with Crippen LogP contribution in [0, 0.1) is 5.82 Å². The highest BCUT2D eigenvalue weighted by atomic mass is 19.1. The number of ketones is 1. The van der Waals surface area contributed by atoms with Crippen molar-refractivity contribution in [2.75, 3.05) is 20.7 Å². The summed E-state index contributed by atoms with van der Waals surface area (Å²) in [6.45, 7) is 1.95. The molecule has 1 rings (SSSR count). The molecule has 0 aromatic heterocycles. The number of carbonyl (C=O) groups is 2. The van der Waals surface area contributed by atoms with E-state index in [1.165, 1.54) is 18.2 Å². The highest BCUT2D eigenvalue weighted by molar-refractivity contribution is 6.10. The molecule has 0 fully saturated rings. The fourth-order valence-electron chi connectivity index (χ4n) is 1.68. The van der Waals surface area contributed by atoms with Crippen LogP contribution in [0.1, 0.15) is 23.7 Å². The van der Waals surface area contributed by atoms with Gasteiger partial charge in [-0.3, -0.25) is 9.59 Å². The van der Waals surface area contributed by atoms with Crippen LogP contribution in [-0.4, -0.2) is 37.4 Å². The number of rotatable bonds is 6. The molecule has 0 saturated carbocycles. The number of esters is 1. The Hall–Kier alpha value is -2.17. The Morgan fingerprint density at radius 3 is 2.60 bits per heavy atom. The van der Waals surface area contributed by atoms with E-state index in [0.29, 0.717) is 0 Å². The molecule has 0 N–H and O–H groups in total. The molecule has 0 atom stereocenters. The molecular weight excluding hydrogens is 261 g/mol. The van der Waals surface area contributed by atoms with Crippen molar-refractivity contribution in [3.8, 4) is 0 Å². The summed E-state index contributed by atoms with van der Waals surface area (Å²) < 4.78 is 18.0. The quantitative estimate of drug-likeness (QED) is 0.456. The topological polar surface area (TPSA) is 46.6 Å². The molecular formula is C15H18FNO3. The monoisotopic (exact) mass is 279 g/mol. The van der Waals surface area contributed by atoms with Gasteiger partial charge in [0, 0.05) is 31.4 Å². The number of halogens is 1. The summed E-state index contributed by atoms with van der Waals surface area (Å²) >= 11 is 0. The minimum atomic E-state index is -0.490. The Kier molecular flexibility index (Phi) is 5.90. The maximum absolute atomic E-state index is 13.2. The minimum absolute atomic E-state index is 0.138. The third-order valence-corrected chi connectivity index (χ3v) is 2.43. The standard InChI is InChI=1S/C15H18FNO3/c1-4-20-14(18)9-12(10-17(2)3)15(19)11-6-5-7-13(16)8-11/h5-8,10H,4,9H2,1-3H3. The van der Waals surface area contributed by atoms with Gasteiger partial charge >= 0.3 is 5.97 Å². The van der Waals surface area contributed by atoms with E-state index in [-0.39, 0.29) is 29.9 Å². The fraction of sp³-hybridized carbons (Fsp3) is 0.333. The van der Waals surface area contributed by atoms with Gasteiger partial charge in [-0.1, -0.05) is 12.1 Å². The first-order chi connectivity index (χ1) is 9.43. The van der Waals surface area contributed by atoms with E-state index in [9.17, 15) is 14.0 Å². The summed E-state index contributed by atoms with van der Waals surface area (Å²) in [5.41, 5.74) is 0.474. The molecule has 0 unspecified atom stereocenters. The van der Waals surface area contributed by atoms with Crippen LogP contribution < -0.4 is 0 Å². The number of benzene rings is 1. The summed E-state index contributed by atoms with van der Waals surface area (Å²) in [4.78, 5) is 25.5. The zero-order chi connectivity index (χ0) is 15.1. The molecule has 0 amide bonds. The summed E-state index contributed by atoms with van der Waals surface area (Å²) in [6, 6.07) is 5.38. The predicted molar refractivity (Wildman–Crippen MR) is 73.8 cm³/mol. The van der Waals surface area contributed by atoms with Crippen LogP contribution in [0.5, 0.6) is 0 Å². The smallest absolute Gasteiger partial charge is 0.310 e. The van der Waals surface area contributed by atoms with E-state index < -0.39 is 11.8 Å². The van der Waals surface area contributed by atoms with Gasteiger partial charge in [0.2, 0.25) is 0 Å². The molecule has 1 aromatic carbocycles. The van der Waals surface area contributed by atoms with Gasteiger partial charge in [0.25, 0.3) is 0 Å². The highest BCUT2D eigenvalue weighted by Crippen LogP contribution is 2.14. The average molecular weight is 279 g/mol. The first-order valence-electron chi connectivity index (χ1n) is 6.27. The van der Waals surface area contributed by atoms with E-state index in [2.05, 4.69) is 0 Å². The van der Waals surface area contributed by atoms with E-state index in [0.717, 1.165) is 6.07 Å². The van der Waals surface area contributed by atoms with Crippen LogP contribution in [0.2, 0.25) is 0 Å². The maximum atomic E-state index is 13.2. The number of carbonyl (C=O) groups excluding carboxylic acids is 2. The van der Waals surface area contributed by atoms with Crippen LogP contribution in [-0.2, 0) is 9.53 Å².